The smallest absolute Gasteiger partial charge is 0.258 e. The Labute approximate surface area is 150 Å². The molecular weight excluding hydrogens is 336 g/mol. The number of furan rings is 1. The van der Waals surface area contributed by atoms with Crippen molar-refractivity contribution in [2.45, 2.75) is 45.6 Å². The van der Waals surface area contributed by atoms with Gasteiger partial charge >= 0.3 is 0 Å². The molecule has 1 aliphatic heterocycles. The lowest BCUT2D eigenvalue weighted by Crippen LogP contribution is -2.31. The first-order valence-electron chi connectivity index (χ1n) is 8.99. The van der Waals surface area contributed by atoms with Gasteiger partial charge in [0.05, 0.1) is 22.9 Å². The molecule has 2 aromatic heterocycles. The standard InChI is InChI=1S/C19H22N2O5/c1-10-6-13(26-20-10)7-12-8-21(9-15(12)23)19(24)17-11(2)25-16-5-3-4-14(22)18(16)17/h6,12,15,23H,3-5,7-9H2,1-2H3/t12-,15+/m1/s1. The number of rotatable bonds is 3. The fraction of sp³-hybridized carbons (Fsp3) is 0.526. The second-order valence-corrected chi connectivity index (χ2v) is 7.28. The number of aliphatic hydroxyl groups is 1. The molecule has 0 aromatic carbocycles. The summed E-state index contributed by atoms with van der Waals surface area (Å²) in [4.78, 5) is 27.0. The van der Waals surface area contributed by atoms with Crippen molar-refractivity contribution in [3.05, 3.63) is 40.2 Å². The maximum atomic E-state index is 13.1. The van der Waals surface area contributed by atoms with Gasteiger partial charge in [0.1, 0.15) is 17.3 Å². The van der Waals surface area contributed by atoms with Crippen LogP contribution in [0.1, 0.15) is 56.5 Å². The molecule has 7 nitrogen and oxygen atoms in total. The fourth-order valence-electron chi connectivity index (χ4n) is 4.01. The molecule has 1 saturated heterocycles. The van der Waals surface area contributed by atoms with Crippen LogP contribution in [0.25, 0.3) is 0 Å². The van der Waals surface area contributed by atoms with Gasteiger partial charge in [-0.3, -0.25) is 9.59 Å². The number of Topliss-reactive ketones (excluding diaryl/α,β-unsaturated/α-hetero) is 1. The van der Waals surface area contributed by atoms with Gasteiger partial charge in [0, 0.05) is 44.3 Å². The van der Waals surface area contributed by atoms with E-state index in [2.05, 4.69) is 5.16 Å². The molecule has 138 valence electrons. The molecule has 3 heterocycles. The largest absolute Gasteiger partial charge is 0.465 e. The summed E-state index contributed by atoms with van der Waals surface area (Å²) in [6, 6.07) is 1.84. The zero-order valence-electron chi connectivity index (χ0n) is 14.9. The van der Waals surface area contributed by atoms with E-state index in [1.54, 1.807) is 11.8 Å². The molecule has 0 saturated carbocycles. The maximum absolute atomic E-state index is 13.1. The molecule has 2 aromatic rings. The van der Waals surface area contributed by atoms with Gasteiger partial charge in [-0.05, 0) is 20.3 Å². The summed E-state index contributed by atoms with van der Waals surface area (Å²) in [6.45, 7) is 4.22. The number of ketones is 1. The summed E-state index contributed by atoms with van der Waals surface area (Å²) in [6.07, 6.45) is 1.78. The Morgan fingerprint density at radius 1 is 1.35 bits per heavy atom. The van der Waals surface area contributed by atoms with Crippen molar-refractivity contribution in [2.24, 2.45) is 5.92 Å². The third kappa shape index (κ3) is 2.86. The van der Waals surface area contributed by atoms with Gasteiger partial charge in [-0.1, -0.05) is 5.16 Å². The molecule has 0 unspecified atom stereocenters. The number of aryl methyl sites for hydroxylation is 3. The zero-order chi connectivity index (χ0) is 18.4. The van der Waals surface area contributed by atoms with Crippen molar-refractivity contribution in [2.75, 3.05) is 13.1 Å². The highest BCUT2D eigenvalue weighted by atomic mass is 16.5. The number of fused-ring (bicyclic) bond motifs is 1. The van der Waals surface area contributed by atoms with Gasteiger partial charge in [0.15, 0.2) is 5.78 Å². The van der Waals surface area contributed by atoms with Crippen LogP contribution in [0.5, 0.6) is 0 Å². The van der Waals surface area contributed by atoms with Gasteiger partial charge < -0.3 is 18.9 Å². The van der Waals surface area contributed by atoms with E-state index in [1.807, 2.05) is 13.0 Å². The first kappa shape index (κ1) is 17.0. The number of hydrogen-bond acceptors (Lipinski definition) is 6. The van der Waals surface area contributed by atoms with Crippen LogP contribution < -0.4 is 0 Å². The molecule has 2 atom stereocenters. The average molecular weight is 358 g/mol. The minimum atomic E-state index is -0.636. The number of amides is 1. The lowest BCUT2D eigenvalue weighted by molar-refractivity contribution is 0.0757. The van der Waals surface area contributed by atoms with Crippen LogP contribution in [-0.4, -0.2) is 46.0 Å². The summed E-state index contributed by atoms with van der Waals surface area (Å²) in [5, 5.41) is 14.2. The quantitative estimate of drug-likeness (QED) is 0.902. The van der Waals surface area contributed by atoms with E-state index in [0.717, 1.165) is 12.1 Å². The van der Waals surface area contributed by atoms with Crippen LogP contribution in [0, 0.1) is 19.8 Å². The summed E-state index contributed by atoms with van der Waals surface area (Å²) < 4.78 is 10.9. The van der Waals surface area contributed by atoms with Crippen molar-refractivity contribution < 1.29 is 23.6 Å². The number of hydrogen-bond donors (Lipinski definition) is 1. The van der Waals surface area contributed by atoms with Crippen molar-refractivity contribution in [1.29, 1.82) is 0 Å². The topological polar surface area (TPSA) is 96.8 Å². The monoisotopic (exact) mass is 358 g/mol. The molecule has 0 spiro atoms. The van der Waals surface area contributed by atoms with Crippen molar-refractivity contribution in [1.82, 2.24) is 10.1 Å². The Bertz CT molecular complexity index is 865. The van der Waals surface area contributed by atoms with Crippen LogP contribution in [0.15, 0.2) is 15.0 Å². The lowest BCUT2D eigenvalue weighted by Gasteiger charge is -2.17. The van der Waals surface area contributed by atoms with E-state index >= 15 is 0 Å². The Morgan fingerprint density at radius 2 is 2.15 bits per heavy atom. The second-order valence-electron chi connectivity index (χ2n) is 7.28. The number of carbonyl (C=O) groups excluding carboxylic acids is 2. The molecule has 4 rings (SSSR count). The van der Waals surface area contributed by atoms with Crippen LogP contribution in [0.4, 0.5) is 0 Å². The highest BCUT2D eigenvalue weighted by Gasteiger charge is 2.39. The Kier molecular flexibility index (Phi) is 4.19. The minimum Gasteiger partial charge on any atom is -0.465 e. The van der Waals surface area contributed by atoms with Crippen LogP contribution in [-0.2, 0) is 12.8 Å². The molecular formula is C19H22N2O5. The van der Waals surface area contributed by atoms with Gasteiger partial charge in [0.25, 0.3) is 5.91 Å². The molecule has 2 aliphatic rings. The van der Waals surface area contributed by atoms with Gasteiger partial charge in [-0.15, -0.1) is 0 Å². The van der Waals surface area contributed by atoms with Crippen LogP contribution in [0.3, 0.4) is 0 Å². The first-order chi connectivity index (χ1) is 12.4. The van der Waals surface area contributed by atoms with E-state index in [0.29, 0.717) is 54.2 Å². The van der Waals surface area contributed by atoms with Gasteiger partial charge in [0.2, 0.25) is 0 Å². The number of aliphatic hydroxyl groups excluding tert-OH is 1. The molecule has 1 N–H and O–H groups in total. The van der Waals surface area contributed by atoms with Crippen molar-refractivity contribution >= 4 is 11.7 Å². The molecule has 0 radical (unpaired) electrons. The molecule has 0 bridgehead atoms. The molecule has 1 aliphatic carbocycles. The summed E-state index contributed by atoms with van der Waals surface area (Å²) in [5.74, 6) is 1.42. The third-order valence-corrected chi connectivity index (χ3v) is 5.29. The minimum absolute atomic E-state index is 0.0279. The van der Waals surface area contributed by atoms with E-state index in [9.17, 15) is 14.7 Å². The Morgan fingerprint density at radius 3 is 2.88 bits per heavy atom. The maximum Gasteiger partial charge on any atom is 0.258 e. The SMILES string of the molecule is Cc1cc(C[C@@H]2CN(C(=O)c3c(C)oc4c3C(=O)CCC4)C[C@@H]2O)on1. The lowest BCUT2D eigenvalue weighted by atomic mass is 9.93. The third-order valence-electron chi connectivity index (χ3n) is 5.29. The first-order valence-corrected chi connectivity index (χ1v) is 8.99. The molecule has 26 heavy (non-hydrogen) atoms. The summed E-state index contributed by atoms with van der Waals surface area (Å²) in [5.41, 5.74) is 1.61. The predicted octanol–water partition coefficient (Wildman–Crippen LogP) is 2.08. The van der Waals surface area contributed by atoms with Gasteiger partial charge in [-0.2, -0.15) is 0 Å². The number of β-amino-alcohol motifs (C(OH)–C–C–N with tert-alkyl or cyclic N) is 1. The number of aromatic nitrogens is 1. The second kappa shape index (κ2) is 6.39. The average Bonchev–Trinajstić information content (AvgIpc) is 3.26. The van der Waals surface area contributed by atoms with Gasteiger partial charge in [-0.25, -0.2) is 0 Å². The molecule has 7 heteroatoms. The van der Waals surface area contributed by atoms with Crippen molar-refractivity contribution in [3.63, 3.8) is 0 Å². The summed E-state index contributed by atoms with van der Waals surface area (Å²) in [7, 11) is 0. The Hall–Kier alpha value is -2.41. The normalized spacial score (nSPS) is 22.7. The van der Waals surface area contributed by atoms with E-state index in [-0.39, 0.29) is 24.2 Å². The van der Waals surface area contributed by atoms with E-state index in [4.69, 9.17) is 8.94 Å². The van der Waals surface area contributed by atoms with Crippen LogP contribution in [0.2, 0.25) is 0 Å². The number of nitrogens with zero attached hydrogens (tertiary/aromatic N) is 2. The Balaban J connectivity index is 1.54. The fourth-order valence-corrected chi connectivity index (χ4v) is 4.01. The van der Waals surface area contributed by atoms with E-state index < -0.39 is 6.10 Å². The van der Waals surface area contributed by atoms with Crippen molar-refractivity contribution in [3.8, 4) is 0 Å². The highest BCUT2D eigenvalue weighted by molar-refractivity contribution is 6.10. The number of carbonyl (C=O) groups is 2. The predicted molar refractivity (Wildman–Crippen MR) is 91.1 cm³/mol. The van der Waals surface area contributed by atoms with E-state index in [1.165, 1.54) is 0 Å². The summed E-state index contributed by atoms with van der Waals surface area (Å²) >= 11 is 0. The molecule has 1 fully saturated rings. The zero-order valence-corrected chi connectivity index (χ0v) is 14.9. The number of likely N-dealkylation sites (tertiary alicyclic amines) is 1. The van der Waals surface area contributed by atoms with Crippen LogP contribution >= 0.6 is 0 Å². The highest BCUT2D eigenvalue weighted by Crippen LogP contribution is 2.32. The molecule has 1 amide bonds.